The van der Waals surface area contributed by atoms with E-state index in [1.165, 1.54) is 0 Å². The van der Waals surface area contributed by atoms with Gasteiger partial charge in [-0.2, -0.15) is 0 Å². The van der Waals surface area contributed by atoms with Gasteiger partial charge in [0.1, 0.15) is 6.10 Å². The molecule has 10 heavy (non-hydrogen) atoms. The smallest absolute Gasteiger partial charge is 0.100 e. The Morgan fingerprint density at radius 1 is 1.10 bits per heavy atom. The van der Waals surface area contributed by atoms with E-state index in [2.05, 4.69) is 0 Å². The van der Waals surface area contributed by atoms with Crippen molar-refractivity contribution in [3.63, 3.8) is 0 Å². The quantitative estimate of drug-likeness (QED) is 0.450. The number of aliphatic hydroxyl groups is 3. The zero-order valence-corrected chi connectivity index (χ0v) is 6.78. The minimum Gasteiger partial charge on any atom is -0.394 e. The van der Waals surface area contributed by atoms with Gasteiger partial charge in [0.15, 0.2) is 0 Å². The molecule has 0 heterocycles. The average Bonchev–Trinajstić information content (AvgIpc) is 1.85. The van der Waals surface area contributed by atoms with Gasteiger partial charge in [0.05, 0.1) is 13.2 Å². The van der Waals surface area contributed by atoms with E-state index in [4.69, 9.17) is 15.3 Å². The molecular formula is C6H17NO3. The molecule has 0 radical (unpaired) electrons. The summed E-state index contributed by atoms with van der Waals surface area (Å²) in [6, 6.07) is 0. The molecule has 0 aliphatic heterocycles. The van der Waals surface area contributed by atoms with E-state index in [0.717, 1.165) is 0 Å². The van der Waals surface area contributed by atoms with Gasteiger partial charge < -0.3 is 20.2 Å². The Labute approximate surface area is 61.7 Å². The van der Waals surface area contributed by atoms with Gasteiger partial charge in [-0.1, -0.05) is 0 Å². The third kappa shape index (κ3) is 24.9. The predicted molar refractivity (Wildman–Crippen MR) is 39.8 cm³/mol. The van der Waals surface area contributed by atoms with Gasteiger partial charge in [0.2, 0.25) is 0 Å². The molecule has 0 bridgehead atoms. The normalized spacial score (nSPS) is 9.60. The number of aliphatic hydroxyl groups excluding tert-OH is 3. The first-order valence-electron chi connectivity index (χ1n) is 3.05. The molecule has 0 spiro atoms. The van der Waals surface area contributed by atoms with Gasteiger partial charge >= 0.3 is 0 Å². The van der Waals surface area contributed by atoms with Gasteiger partial charge in [-0.3, -0.25) is 0 Å². The highest BCUT2D eigenvalue weighted by Gasteiger charge is 1.93. The molecule has 0 unspecified atom stereocenters. The van der Waals surface area contributed by atoms with Crippen molar-refractivity contribution in [3.8, 4) is 0 Å². The lowest BCUT2D eigenvalue weighted by atomic mass is 10.4. The topological polar surface area (TPSA) is 63.9 Å². The summed E-state index contributed by atoms with van der Waals surface area (Å²) in [7, 11) is 6.00. The number of rotatable bonds is 2. The Bertz CT molecular complexity index is 52.2. The van der Waals surface area contributed by atoms with Crippen LogP contribution < -0.4 is 0 Å². The van der Waals surface area contributed by atoms with Gasteiger partial charge in [0.25, 0.3) is 0 Å². The van der Waals surface area contributed by atoms with Gasteiger partial charge in [-0.05, 0) is 21.1 Å². The zero-order chi connectivity index (χ0) is 8.57. The SMILES string of the molecule is CN(C)C.OCC(O)CO. The zero-order valence-electron chi connectivity index (χ0n) is 6.78. The fourth-order valence-corrected chi connectivity index (χ4v) is 0.0577. The van der Waals surface area contributed by atoms with Crippen molar-refractivity contribution in [1.29, 1.82) is 0 Å². The van der Waals surface area contributed by atoms with Crippen molar-refractivity contribution in [3.05, 3.63) is 0 Å². The van der Waals surface area contributed by atoms with Crippen LogP contribution in [-0.2, 0) is 0 Å². The van der Waals surface area contributed by atoms with Crippen LogP contribution in [0.15, 0.2) is 0 Å². The van der Waals surface area contributed by atoms with Crippen molar-refractivity contribution < 1.29 is 15.3 Å². The largest absolute Gasteiger partial charge is 0.394 e. The third-order valence-electron chi connectivity index (χ3n) is 0.421. The summed E-state index contributed by atoms with van der Waals surface area (Å²) >= 11 is 0. The van der Waals surface area contributed by atoms with Crippen LogP contribution in [0, 0.1) is 0 Å². The Morgan fingerprint density at radius 3 is 1.30 bits per heavy atom. The van der Waals surface area contributed by atoms with Crippen LogP contribution in [0.2, 0.25) is 0 Å². The summed E-state index contributed by atoms with van der Waals surface area (Å²) in [6.45, 7) is -0.729. The van der Waals surface area contributed by atoms with Crippen molar-refractivity contribution in [2.24, 2.45) is 0 Å². The van der Waals surface area contributed by atoms with Crippen LogP contribution in [0.1, 0.15) is 0 Å². The van der Waals surface area contributed by atoms with E-state index >= 15 is 0 Å². The van der Waals surface area contributed by atoms with Gasteiger partial charge in [-0.15, -0.1) is 0 Å². The Balaban J connectivity index is 0. The average molecular weight is 151 g/mol. The summed E-state index contributed by atoms with van der Waals surface area (Å²) < 4.78 is 0. The molecule has 0 aromatic heterocycles. The van der Waals surface area contributed by atoms with Crippen LogP contribution >= 0.6 is 0 Å². The van der Waals surface area contributed by atoms with Gasteiger partial charge in [0, 0.05) is 0 Å². The third-order valence-corrected chi connectivity index (χ3v) is 0.421. The maximum Gasteiger partial charge on any atom is 0.100 e. The molecule has 0 amide bonds. The second kappa shape index (κ2) is 8.84. The van der Waals surface area contributed by atoms with Crippen LogP contribution in [0.25, 0.3) is 0 Å². The minimum atomic E-state index is -0.954. The summed E-state index contributed by atoms with van der Waals surface area (Å²) in [6.07, 6.45) is -0.954. The molecule has 4 heteroatoms. The number of hydrogen-bond acceptors (Lipinski definition) is 4. The van der Waals surface area contributed by atoms with E-state index in [1.807, 2.05) is 26.0 Å². The molecule has 0 aliphatic carbocycles. The lowest BCUT2D eigenvalue weighted by molar-refractivity contribution is 0.0450. The Kier molecular flexibility index (Phi) is 11.1. The lowest BCUT2D eigenvalue weighted by Crippen LogP contribution is -2.15. The van der Waals surface area contributed by atoms with Gasteiger partial charge in [-0.25, -0.2) is 0 Å². The van der Waals surface area contributed by atoms with Crippen molar-refractivity contribution in [2.45, 2.75) is 6.10 Å². The van der Waals surface area contributed by atoms with Crippen molar-refractivity contribution in [1.82, 2.24) is 4.90 Å². The summed E-state index contributed by atoms with van der Waals surface area (Å²) in [5, 5.41) is 24.0. The first kappa shape index (κ1) is 12.5. The summed E-state index contributed by atoms with van der Waals surface area (Å²) in [5.74, 6) is 0. The van der Waals surface area contributed by atoms with E-state index in [9.17, 15) is 0 Å². The maximum absolute atomic E-state index is 8.17. The monoisotopic (exact) mass is 151 g/mol. The van der Waals surface area contributed by atoms with E-state index in [0.29, 0.717) is 0 Å². The standard InChI is InChI=1S/C3H9N.C3H8O3/c1-4(2)3;4-1-3(6)2-5/h1-3H3;3-6H,1-2H2. The molecule has 0 rings (SSSR count). The molecule has 3 N–H and O–H groups in total. The van der Waals surface area contributed by atoms with Crippen LogP contribution in [0.3, 0.4) is 0 Å². The highest BCUT2D eigenvalue weighted by atomic mass is 16.3. The molecule has 0 saturated carbocycles. The van der Waals surface area contributed by atoms with Crippen molar-refractivity contribution in [2.75, 3.05) is 34.4 Å². The molecule has 0 aromatic carbocycles. The number of hydrogen-bond donors (Lipinski definition) is 3. The highest BCUT2D eigenvalue weighted by Crippen LogP contribution is 1.71. The maximum atomic E-state index is 8.17. The molecule has 0 aromatic rings. The number of nitrogens with zero attached hydrogens (tertiary/aromatic N) is 1. The Hall–Kier alpha value is -0.160. The predicted octanol–water partition coefficient (Wildman–Crippen LogP) is -1.49. The van der Waals surface area contributed by atoms with Crippen LogP contribution in [0.4, 0.5) is 0 Å². The summed E-state index contributed by atoms with van der Waals surface area (Å²) in [5.41, 5.74) is 0. The van der Waals surface area contributed by atoms with E-state index in [-0.39, 0.29) is 13.2 Å². The van der Waals surface area contributed by atoms with Crippen molar-refractivity contribution >= 4 is 0 Å². The Morgan fingerprint density at radius 2 is 1.30 bits per heavy atom. The second-order valence-corrected chi connectivity index (χ2v) is 2.36. The van der Waals surface area contributed by atoms with E-state index < -0.39 is 6.10 Å². The van der Waals surface area contributed by atoms with E-state index in [1.54, 1.807) is 0 Å². The molecule has 0 atom stereocenters. The van der Waals surface area contributed by atoms with Crippen LogP contribution in [-0.4, -0.2) is 60.7 Å². The highest BCUT2D eigenvalue weighted by molar-refractivity contribution is 4.43. The summed E-state index contributed by atoms with van der Waals surface area (Å²) in [4.78, 5) is 2.00. The molecule has 0 saturated heterocycles. The molecule has 4 nitrogen and oxygen atoms in total. The molecule has 0 fully saturated rings. The first-order chi connectivity index (χ1) is 4.54. The lowest BCUT2D eigenvalue weighted by Gasteiger charge is -1.96. The minimum absolute atomic E-state index is 0.365. The second-order valence-electron chi connectivity index (χ2n) is 2.36. The fourth-order valence-electron chi connectivity index (χ4n) is 0.0577. The molecular weight excluding hydrogens is 134 g/mol. The fraction of sp³-hybridized carbons (Fsp3) is 1.00. The first-order valence-corrected chi connectivity index (χ1v) is 3.05. The van der Waals surface area contributed by atoms with Crippen LogP contribution in [0.5, 0.6) is 0 Å². The molecule has 0 aliphatic rings. The molecule has 64 valence electrons.